The van der Waals surface area contributed by atoms with Crippen LogP contribution in [-0.4, -0.2) is 41.9 Å². The molecule has 1 aromatic heterocycles. The lowest BCUT2D eigenvalue weighted by Crippen LogP contribution is -2.25. The van der Waals surface area contributed by atoms with Crippen molar-refractivity contribution in [2.24, 2.45) is 5.73 Å². The summed E-state index contributed by atoms with van der Waals surface area (Å²) in [7, 11) is -1.81. The standard InChI is InChI=1S/C13H24N2O4S2/c1-11-13(9-12(10-14)20-11)21(16,17)15-5-3-4-6-19-8-7-18-2/h9,15H,3-8,10,14H2,1-2H3. The molecule has 8 heteroatoms. The van der Waals surface area contributed by atoms with Crippen molar-refractivity contribution in [1.29, 1.82) is 0 Å². The van der Waals surface area contributed by atoms with Gasteiger partial charge in [-0.05, 0) is 25.8 Å². The van der Waals surface area contributed by atoms with Gasteiger partial charge in [-0.3, -0.25) is 0 Å². The number of aryl methyl sites for hydroxylation is 1. The predicted octanol–water partition coefficient (Wildman–Crippen LogP) is 1.24. The zero-order valence-electron chi connectivity index (χ0n) is 12.6. The van der Waals surface area contributed by atoms with Gasteiger partial charge in [-0.25, -0.2) is 13.1 Å². The fraction of sp³-hybridized carbons (Fsp3) is 0.692. The van der Waals surface area contributed by atoms with Crippen molar-refractivity contribution in [3.63, 3.8) is 0 Å². The van der Waals surface area contributed by atoms with Crippen LogP contribution >= 0.6 is 11.3 Å². The first-order chi connectivity index (χ1) is 10.0. The number of hydrogen-bond donors (Lipinski definition) is 2. The minimum atomic E-state index is -3.44. The quantitative estimate of drug-likeness (QED) is 0.593. The molecule has 0 aliphatic carbocycles. The Morgan fingerprint density at radius 1 is 1.29 bits per heavy atom. The van der Waals surface area contributed by atoms with Gasteiger partial charge < -0.3 is 15.2 Å². The Kier molecular flexibility index (Phi) is 8.38. The van der Waals surface area contributed by atoms with Crippen LogP contribution < -0.4 is 10.5 Å². The summed E-state index contributed by atoms with van der Waals surface area (Å²) in [5.74, 6) is 0. The number of nitrogens with two attached hydrogens (primary N) is 1. The Hall–Kier alpha value is -0.510. The second kappa shape index (κ2) is 9.50. The van der Waals surface area contributed by atoms with Crippen LogP contribution in [0.15, 0.2) is 11.0 Å². The molecule has 0 fully saturated rings. The van der Waals surface area contributed by atoms with E-state index in [0.717, 1.165) is 22.6 Å². The first-order valence-corrected chi connectivity index (χ1v) is 9.17. The van der Waals surface area contributed by atoms with E-state index in [9.17, 15) is 8.42 Å². The summed E-state index contributed by atoms with van der Waals surface area (Å²) < 4.78 is 37.1. The van der Waals surface area contributed by atoms with Gasteiger partial charge in [-0.1, -0.05) is 0 Å². The van der Waals surface area contributed by atoms with E-state index in [4.69, 9.17) is 15.2 Å². The van der Waals surface area contributed by atoms with Gasteiger partial charge in [-0.15, -0.1) is 11.3 Å². The summed E-state index contributed by atoms with van der Waals surface area (Å²) in [4.78, 5) is 1.98. The van der Waals surface area contributed by atoms with Gasteiger partial charge in [0.25, 0.3) is 0 Å². The van der Waals surface area contributed by atoms with Crippen molar-refractivity contribution in [2.45, 2.75) is 31.2 Å². The van der Waals surface area contributed by atoms with Gasteiger partial charge in [0.2, 0.25) is 10.0 Å². The summed E-state index contributed by atoms with van der Waals surface area (Å²) in [6.45, 7) is 4.32. The summed E-state index contributed by atoms with van der Waals surface area (Å²) in [5, 5.41) is 0. The topological polar surface area (TPSA) is 90.6 Å². The zero-order valence-corrected chi connectivity index (χ0v) is 14.2. The smallest absolute Gasteiger partial charge is 0.241 e. The molecule has 0 aromatic carbocycles. The lowest BCUT2D eigenvalue weighted by molar-refractivity contribution is 0.0689. The molecule has 0 bridgehead atoms. The number of unbranched alkanes of at least 4 members (excludes halogenated alkanes) is 1. The van der Waals surface area contributed by atoms with Gasteiger partial charge in [0.1, 0.15) is 0 Å². The van der Waals surface area contributed by atoms with Crippen molar-refractivity contribution in [2.75, 3.05) is 33.5 Å². The second-order valence-corrected chi connectivity index (χ2v) is 7.62. The van der Waals surface area contributed by atoms with Gasteiger partial charge in [-0.2, -0.15) is 0 Å². The van der Waals surface area contributed by atoms with Crippen molar-refractivity contribution in [3.8, 4) is 0 Å². The minimum Gasteiger partial charge on any atom is -0.382 e. The van der Waals surface area contributed by atoms with E-state index in [1.54, 1.807) is 20.1 Å². The van der Waals surface area contributed by atoms with Crippen LogP contribution in [0.4, 0.5) is 0 Å². The Labute approximate surface area is 130 Å². The van der Waals surface area contributed by atoms with Crippen LogP contribution in [-0.2, 0) is 26.0 Å². The number of sulfonamides is 1. The molecule has 1 rings (SSSR count). The van der Waals surface area contributed by atoms with E-state index in [2.05, 4.69) is 4.72 Å². The normalized spacial score (nSPS) is 12.0. The molecule has 122 valence electrons. The highest BCUT2D eigenvalue weighted by molar-refractivity contribution is 7.89. The zero-order chi connectivity index (χ0) is 15.7. The molecular weight excluding hydrogens is 312 g/mol. The van der Waals surface area contributed by atoms with Crippen molar-refractivity contribution in [3.05, 3.63) is 15.8 Å². The Morgan fingerprint density at radius 3 is 2.67 bits per heavy atom. The van der Waals surface area contributed by atoms with Crippen LogP contribution in [0, 0.1) is 6.92 Å². The van der Waals surface area contributed by atoms with E-state index in [1.807, 2.05) is 0 Å². The Bertz CT molecular complexity index is 514. The summed E-state index contributed by atoms with van der Waals surface area (Å²) in [6.07, 6.45) is 1.54. The molecule has 0 amide bonds. The molecule has 1 aromatic rings. The summed E-state index contributed by atoms with van der Waals surface area (Å²) in [6, 6.07) is 1.65. The third kappa shape index (κ3) is 6.41. The molecule has 0 aliphatic heterocycles. The average molecular weight is 336 g/mol. The molecule has 0 spiro atoms. The highest BCUT2D eigenvalue weighted by Gasteiger charge is 2.18. The number of ether oxygens (including phenoxy) is 2. The molecule has 21 heavy (non-hydrogen) atoms. The van der Waals surface area contributed by atoms with Crippen LogP contribution in [0.5, 0.6) is 0 Å². The maximum atomic E-state index is 12.2. The molecule has 0 atom stereocenters. The van der Waals surface area contributed by atoms with Crippen LogP contribution in [0.1, 0.15) is 22.6 Å². The number of nitrogens with one attached hydrogen (secondary N) is 1. The van der Waals surface area contributed by atoms with Crippen LogP contribution in [0.3, 0.4) is 0 Å². The lowest BCUT2D eigenvalue weighted by atomic mass is 10.3. The van der Waals surface area contributed by atoms with Gasteiger partial charge in [0.05, 0.1) is 18.1 Å². The SMILES string of the molecule is COCCOCCCCNS(=O)(=O)c1cc(CN)sc1C. The minimum absolute atomic E-state index is 0.337. The van der Waals surface area contributed by atoms with Gasteiger partial charge >= 0.3 is 0 Å². The highest BCUT2D eigenvalue weighted by Crippen LogP contribution is 2.25. The Balaban J connectivity index is 2.31. The summed E-state index contributed by atoms with van der Waals surface area (Å²) in [5.41, 5.74) is 5.54. The van der Waals surface area contributed by atoms with E-state index < -0.39 is 10.0 Å². The number of hydrogen-bond acceptors (Lipinski definition) is 6. The molecular formula is C13H24N2O4S2. The van der Waals surface area contributed by atoms with E-state index in [0.29, 0.717) is 37.8 Å². The molecule has 3 N–H and O–H groups in total. The fourth-order valence-electron chi connectivity index (χ4n) is 1.75. The number of thiophene rings is 1. The monoisotopic (exact) mass is 336 g/mol. The second-order valence-electron chi connectivity index (χ2n) is 4.55. The molecule has 0 radical (unpaired) electrons. The molecule has 0 saturated heterocycles. The Morgan fingerprint density at radius 2 is 2.05 bits per heavy atom. The number of methoxy groups -OCH3 is 1. The van der Waals surface area contributed by atoms with Crippen LogP contribution in [0.25, 0.3) is 0 Å². The van der Waals surface area contributed by atoms with Crippen molar-refractivity contribution in [1.82, 2.24) is 4.72 Å². The average Bonchev–Trinajstić information content (AvgIpc) is 2.84. The first kappa shape index (κ1) is 18.5. The largest absolute Gasteiger partial charge is 0.382 e. The van der Waals surface area contributed by atoms with E-state index in [1.165, 1.54) is 11.3 Å². The predicted molar refractivity (Wildman–Crippen MR) is 84.1 cm³/mol. The third-order valence-electron chi connectivity index (χ3n) is 2.85. The van der Waals surface area contributed by atoms with Gasteiger partial charge in [0.15, 0.2) is 0 Å². The van der Waals surface area contributed by atoms with Crippen LogP contribution in [0.2, 0.25) is 0 Å². The highest BCUT2D eigenvalue weighted by atomic mass is 32.2. The number of rotatable bonds is 11. The molecule has 6 nitrogen and oxygen atoms in total. The van der Waals surface area contributed by atoms with E-state index in [-0.39, 0.29) is 0 Å². The lowest BCUT2D eigenvalue weighted by Gasteiger charge is -2.06. The first-order valence-electron chi connectivity index (χ1n) is 6.87. The van der Waals surface area contributed by atoms with Gasteiger partial charge in [0, 0.05) is 36.6 Å². The fourth-order valence-corrected chi connectivity index (χ4v) is 4.34. The third-order valence-corrected chi connectivity index (χ3v) is 5.64. The molecule has 0 unspecified atom stereocenters. The molecule has 1 heterocycles. The maximum Gasteiger partial charge on any atom is 0.241 e. The van der Waals surface area contributed by atoms with Crippen molar-refractivity contribution < 1.29 is 17.9 Å². The molecule has 0 saturated carbocycles. The van der Waals surface area contributed by atoms with Crippen molar-refractivity contribution >= 4 is 21.4 Å². The van der Waals surface area contributed by atoms with E-state index >= 15 is 0 Å². The summed E-state index contributed by atoms with van der Waals surface area (Å²) >= 11 is 1.42. The maximum absolute atomic E-state index is 12.2. The molecule has 0 aliphatic rings.